The van der Waals surface area contributed by atoms with Gasteiger partial charge in [0.25, 0.3) is 0 Å². The van der Waals surface area contributed by atoms with E-state index in [9.17, 15) is 0 Å². The molecule has 0 aliphatic carbocycles. The van der Waals surface area contributed by atoms with E-state index < -0.39 is 0 Å². The van der Waals surface area contributed by atoms with E-state index in [0.29, 0.717) is 11.6 Å². The van der Waals surface area contributed by atoms with Gasteiger partial charge in [0.15, 0.2) is 5.82 Å². The van der Waals surface area contributed by atoms with Crippen LogP contribution in [-0.2, 0) is 18.6 Å². The van der Waals surface area contributed by atoms with Crippen molar-refractivity contribution in [3.8, 4) is 11.4 Å². The van der Waals surface area contributed by atoms with Gasteiger partial charge in [-0.15, -0.1) is 0 Å². The Hall–Kier alpha value is -1.56. The van der Waals surface area contributed by atoms with Crippen molar-refractivity contribution in [2.24, 2.45) is 7.05 Å². The molecule has 94 valence electrons. The van der Waals surface area contributed by atoms with Gasteiger partial charge in [-0.3, -0.25) is 4.68 Å². The molecule has 6 heteroatoms. The van der Waals surface area contributed by atoms with Gasteiger partial charge in [-0.2, -0.15) is 16.9 Å². The molecule has 0 radical (unpaired) electrons. The number of nitrogen functional groups attached to an aromatic ring is 1. The lowest BCUT2D eigenvalue weighted by Gasteiger charge is -2.06. The molecule has 0 bridgehead atoms. The molecule has 0 atom stereocenters. The van der Waals surface area contributed by atoms with Crippen molar-refractivity contribution in [3.63, 3.8) is 0 Å². The molecule has 0 saturated heterocycles. The van der Waals surface area contributed by atoms with Gasteiger partial charge in [0.2, 0.25) is 0 Å². The lowest BCUT2D eigenvalue weighted by molar-refractivity contribution is 0.731. The number of nitrogens with zero attached hydrogens (tertiary/aromatic N) is 4. The maximum absolute atomic E-state index is 6.03. The molecule has 2 N–H and O–H groups in total. The summed E-state index contributed by atoms with van der Waals surface area (Å²) in [4.78, 5) is 9.10. The second-order valence-electron chi connectivity index (χ2n) is 4.52. The van der Waals surface area contributed by atoms with Gasteiger partial charge >= 0.3 is 0 Å². The SMILES string of the molecule is Cc1nn(C)c(C)c1-c1nc(N)c2c(n1)CSC2. The second kappa shape index (κ2) is 3.98. The first-order valence-electron chi connectivity index (χ1n) is 5.81. The molecule has 0 spiro atoms. The van der Waals surface area contributed by atoms with Crippen LogP contribution in [0.5, 0.6) is 0 Å². The Bertz CT molecular complexity index is 632. The average Bonchev–Trinajstić information content (AvgIpc) is 2.85. The molecular formula is C12H15N5S. The summed E-state index contributed by atoms with van der Waals surface area (Å²) in [5, 5.41) is 4.40. The fourth-order valence-corrected chi connectivity index (χ4v) is 3.34. The fraction of sp³-hybridized carbons (Fsp3) is 0.417. The van der Waals surface area contributed by atoms with E-state index in [4.69, 9.17) is 5.73 Å². The number of nitrogens with two attached hydrogens (primary N) is 1. The molecule has 5 nitrogen and oxygen atoms in total. The third kappa shape index (κ3) is 1.59. The van der Waals surface area contributed by atoms with Gasteiger partial charge in [-0.25, -0.2) is 9.97 Å². The third-order valence-corrected chi connectivity index (χ3v) is 4.31. The first kappa shape index (κ1) is 11.5. The molecule has 0 fully saturated rings. The number of aryl methyl sites for hydroxylation is 2. The highest BCUT2D eigenvalue weighted by Gasteiger charge is 2.21. The van der Waals surface area contributed by atoms with E-state index in [2.05, 4.69) is 15.1 Å². The zero-order valence-electron chi connectivity index (χ0n) is 10.7. The summed E-state index contributed by atoms with van der Waals surface area (Å²) in [7, 11) is 1.93. The maximum Gasteiger partial charge on any atom is 0.165 e. The van der Waals surface area contributed by atoms with Gasteiger partial charge < -0.3 is 5.73 Å². The molecule has 2 aromatic heterocycles. The molecule has 0 amide bonds. The fourth-order valence-electron chi connectivity index (χ4n) is 2.29. The van der Waals surface area contributed by atoms with Crippen LogP contribution in [0.4, 0.5) is 5.82 Å². The summed E-state index contributed by atoms with van der Waals surface area (Å²) < 4.78 is 1.85. The van der Waals surface area contributed by atoms with Crippen LogP contribution < -0.4 is 5.73 Å². The number of rotatable bonds is 1. The Morgan fingerprint density at radius 3 is 2.67 bits per heavy atom. The van der Waals surface area contributed by atoms with Crippen LogP contribution in [0.2, 0.25) is 0 Å². The minimum atomic E-state index is 0.614. The van der Waals surface area contributed by atoms with Crippen molar-refractivity contribution in [1.82, 2.24) is 19.7 Å². The highest BCUT2D eigenvalue weighted by atomic mass is 32.2. The third-order valence-electron chi connectivity index (χ3n) is 3.34. The van der Waals surface area contributed by atoms with Crippen molar-refractivity contribution in [1.29, 1.82) is 0 Å². The zero-order chi connectivity index (χ0) is 12.9. The molecule has 1 aliphatic heterocycles. The van der Waals surface area contributed by atoms with Crippen molar-refractivity contribution < 1.29 is 0 Å². The largest absolute Gasteiger partial charge is 0.383 e. The summed E-state index contributed by atoms with van der Waals surface area (Å²) in [6.45, 7) is 4.00. The summed E-state index contributed by atoms with van der Waals surface area (Å²) in [5.74, 6) is 3.17. The van der Waals surface area contributed by atoms with Crippen LogP contribution in [0, 0.1) is 13.8 Å². The number of fused-ring (bicyclic) bond motifs is 1. The standard InChI is InChI=1S/C12H15N5S/c1-6-10(7(2)17(3)16-6)12-14-9-5-18-4-8(9)11(13)15-12/h4-5H2,1-3H3,(H2,13,14,15). The molecule has 3 rings (SSSR count). The minimum Gasteiger partial charge on any atom is -0.383 e. The highest BCUT2D eigenvalue weighted by Crippen LogP contribution is 2.34. The monoisotopic (exact) mass is 261 g/mol. The van der Waals surface area contributed by atoms with E-state index in [1.807, 2.05) is 37.3 Å². The summed E-state index contributed by atoms with van der Waals surface area (Å²) in [5.41, 5.74) is 11.2. The van der Waals surface area contributed by atoms with Crippen molar-refractivity contribution in [3.05, 3.63) is 22.6 Å². The Labute approximate surface area is 110 Å². The molecule has 0 unspecified atom stereocenters. The average molecular weight is 261 g/mol. The van der Waals surface area contributed by atoms with E-state index in [1.54, 1.807) is 0 Å². The smallest absolute Gasteiger partial charge is 0.165 e. The van der Waals surface area contributed by atoms with Crippen molar-refractivity contribution >= 4 is 17.6 Å². The van der Waals surface area contributed by atoms with Crippen molar-refractivity contribution in [2.45, 2.75) is 25.4 Å². The predicted molar refractivity (Wildman–Crippen MR) is 73.1 cm³/mol. The van der Waals surface area contributed by atoms with E-state index >= 15 is 0 Å². The predicted octanol–water partition coefficient (Wildman–Crippen LogP) is 1.82. The van der Waals surface area contributed by atoms with Gasteiger partial charge in [0.1, 0.15) is 5.82 Å². The van der Waals surface area contributed by atoms with Gasteiger partial charge in [-0.05, 0) is 13.8 Å². The van der Waals surface area contributed by atoms with Gasteiger partial charge in [-0.1, -0.05) is 0 Å². The molecule has 0 aromatic carbocycles. The van der Waals surface area contributed by atoms with Crippen molar-refractivity contribution in [2.75, 3.05) is 5.73 Å². The van der Waals surface area contributed by atoms with E-state index in [0.717, 1.165) is 39.7 Å². The van der Waals surface area contributed by atoms with Gasteiger partial charge in [0.05, 0.1) is 17.0 Å². The molecule has 3 heterocycles. The summed E-state index contributed by atoms with van der Waals surface area (Å²) in [6, 6.07) is 0. The normalized spacial score (nSPS) is 13.9. The van der Waals surface area contributed by atoms with Gasteiger partial charge in [0, 0.05) is 29.8 Å². The molecule has 0 saturated carbocycles. The lowest BCUT2D eigenvalue weighted by Crippen LogP contribution is -2.03. The molecule has 2 aromatic rings. The van der Waals surface area contributed by atoms with Crippen LogP contribution in [0.1, 0.15) is 22.6 Å². The second-order valence-corrected chi connectivity index (χ2v) is 5.51. The molecule has 18 heavy (non-hydrogen) atoms. The topological polar surface area (TPSA) is 69.6 Å². The lowest BCUT2D eigenvalue weighted by atomic mass is 10.1. The Morgan fingerprint density at radius 2 is 2.00 bits per heavy atom. The van der Waals surface area contributed by atoms with Crippen LogP contribution in [0.15, 0.2) is 0 Å². The number of aromatic nitrogens is 4. The van der Waals surface area contributed by atoms with E-state index in [1.165, 1.54) is 0 Å². The molecule has 1 aliphatic rings. The van der Waals surface area contributed by atoms with Crippen LogP contribution in [0.25, 0.3) is 11.4 Å². The summed E-state index contributed by atoms with van der Waals surface area (Å²) in [6.07, 6.45) is 0. The number of thioether (sulfide) groups is 1. The molecular weight excluding hydrogens is 246 g/mol. The zero-order valence-corrected chi connectivity index (χ0v) is 11.5. The minimum absolute atomic E-state index is 0.614. The van der Waals surface area contributed by atoms with Crippen LogP contribution in [-0.4, -0.2) is 19.7 Å². The first-order chi connectivity index (χ1) is 8.58. The van der Waals surface area contributed by atoms with Crippen LogP contribution >= 0.6 is 11.8 Å². The Morgan fingerprint density at radius 1 is 1.22 bits per heavy atom. The number of hydrogen-bond acceptors (Lipinski definition) is 5. The highest BCUT2D eigenvalue weighted by molar-refractivity contribution is 7.98. The van der Waals surface area contributed by atoms with E-state index in [-0.39, 0.29) is 0 Å². The number of anilines is 1. The maximum atomic E-state index is 6.03. The number of hydrogen-bond donors (Lipinski definition) is 1. The summed E-state index contributed by atoms with van der Waals surface area (Å²) >= 11 is 1.83. The van der Waals surface area contributed by atoms with Crippen LogP contribution in [0.3, 0.4) is 0 Å². The Kier molecular flexibility index (Phi) is 2.55. The Balaban J connectivity index is 2.21. The first-order valence-corrected chi connectivity index (χ1v) is 6.97. The quantitative estimate of drug-likeness (QED) is 0.848.